The second-order valence-corrected chi connectivity index (χ2v) is 7.86. The molecule has 0 heterocycles. The van der Waals surface area contributed by atoms with Crippen molar-refractivity contribution in [3.63, 3.8) is 0 Å². The minimum atomic E-state index is -3.55. The van der Waals surface area contributed by atoms with E-state index in [0.717, 1.165) is 13.1 Å². The first kappa shape index (κ1) is 19.9. The van der Waals surface area contributed by atoms with Crippen LogP contribution in [0.1, 0.15) is 27.2 Å². The van der Waals surface area contributed by atoms with Crippen LogP contribution in [0.5, 0.6) is 0 Å². The van der Waals surface area contributed by atoms with Gasteiger partial charge in [0, 0.05) is 19.0 Å². The van der Waals surface area contributed by atoms with Crippen LogP contribution in [-0.4, -0.2) is 50.7 Å². The number of hydrogen-bond donors (Lipinski definition) is 1. The molecule has 0 aliphatic heterocycles. The summed E-state index contributed by atoms with van der Waals surface area (Å²) in [6, 6.07) is 6.49. The van der Waals surface area contributed by atoms with Crippen molar-refractivity contribution in [3.8, 4) is 0 Å². The average molecular weight is 361 g/mol. The number of benzene rings is 1. The Balaban J connectivity index is 2.52. The Kier molecular flexibility index (Phi) is 8.02. The zero-order valence-electron chi connectivity index (χ0n) is 13.9. The maximum Gasteiger partial charge on any atom is 0.221 e. The number of amides is 1. The normalized spacial score (nSPS) is 13.1. The highest BCUT2D eigenvalue weighted by Crippen LogP contribution is 2.22. The van der Waals surface area contributed by atoms with E-state index in [9.17, 15) is 13.2 Å². The van der Waals surface area contributed by atoms with Gasteiger partial charge < -0.3 is 5.32 Å². The van der Waals surface area contributed by atoms with Crippen LogP contribution in [0.25, 0.3) is 0 Å². The van der Waals surface area contributed by atoms with E-state index >= 15 is 0 Å². The molecule has 0 aliphatic carbocycles. The van der Waals surface area contributed by atoms with Gasteiger partial charge in [0.2, 0.25) is 5.91 Å². The lowest BCUT2D eigenvalue weighted by molar-refractivity contribution is -0.120. The Labute approximate surface area is 143 Å². The van der Waals surface area contributed by atoms with Gasteiger partial charge in [0.15, 0.2) is 9.84 Å². The quantitative estimate of drug-likeness (QED) is 0.734. The maximum absolute atomic E-state index is 12.2. The molecule has 1 N–H and O–H groups in total. The van der Waals surface area contributed by atoms with E-state index in [0.29, 0.717) is 6.54 Å². The number of nitrogens with one attached hydrogen (secondary N) is 1. The first-order valence-corrected chi connectivity index (χ1v) is 9.82. The third-order valence-corrected chi connectivity index (χ3v) is 6.01. The van der Waals surface area contributed by atoms with Crippen molar-refractivity contribution in [3.05, 3.63) is 29.3 Å². The summed E-state index contributed by atoms with van der Waals surface area (Å²) in [5.74, 6) is -0.512. The number of rotatable bonds is 9. The van der Waals surface area contributed by atoms with Gasteiger partial charge in [0.05, 0.1) is 15.7 Å². The van der Waals surface area contributed by atoms with Crippen molar-refractivity contribution in [2.75, 3.05) is 25.4 Å². The fourth-order valence-corrected chi connectivity index (χ4v) is 4.17. The van der Waals surface area contributed by atoms with Gasteiger partial charge in [0.1, 0.15) is 0 Å². The van der Waals surface area contributed by atoms with E-state index in [-0.39, 0.29) is 34.0 Å². The fraction of sp³-hybridized carbons (Fsp3) is 0.562. The smallest absolute Gasteiger partial charge is 0.221 e. The molecule has 5 nitrogen and oxygen atoms in total. The molecule has 1 amide bonds. The van der Waals surface area contributed by atoms with Crippen LogP contribution in [0.2, 0.25) is 5.02 Å². The molecule has 0 spiro atoms. The summed E-state index contributed by atoms with van der Waals surface area (Å²) in [6.07, 6.45) is -0.0709. The van der Waals surface area contributed by atoms with Crippen molar-refractivity contribution >= 4 is 27.3 Å². The highest BCUT2D eigenvalue weighted by molar-refractivity contribution is 7.91. The SMILES string of the molecule is CCN(CC)C(C)CNC(=O)CCS(=O)(=O)c1ccccc1Cl. The first-order valence-electron chi connectivity index (χ1n) is 7.79. The minimum Gasteiger partial charge on any atom is -0.355 e. The van der Waals surface area contributed by atoms with Crippen molar-refractivity contribution in [2.45, 2.75) is 38.1 Å². The van der Waals surface area contributed by atoms with Gasteiger partial charge in [-0.2, -0.15) is 0 Å². The van der Waals surface area contributed by atoms with Gasteiger partial charge >= 0.3 is 0 Å². The number of hydrogen-bond acceptors (Lipinski definition) is 4. The third-order valence-electron chi connectivity index (χ3n) is 3.80. The average Bonchev–Trinajstić information content (AvgIpc) is 2.52. The predicted octanol–water partition coefficient (Wildman–Crippen LogP) is 2.35. The number of likely N-dealkylation sites (N-methyl/N-ethyl adjacent to an activating group) is 1. The molecule has 1 unspecified atom stereocenters. The van der Waals surface area contributed by atoms with E-state index < -0.39 is 9.84 Å². The number of carbonyl (C=O) groups excluding carboxylic acids is 1. The Morgan fingerprint density at radius 3 is 2.43 bits per heavy atom. The molecular weight excluding hydrogens is 336 g/mol. The lowest BCUT2D eigenvalue weighted by Crippen LogP contribution is -2.42. The molecule has 0 aliphatic rings. The second-order valence-electron chi connectivity index (χ2n) is 5.37. The predicted molar refractivity (Wildman–Crippen MR) is 93.5 cm³/mol. The van der Waals surface area contributed by atoms with Gasteiger partial charge in [-0.05, 0) is 32.1 Å². The Morgan fingerprint density at radius 2 is 1.87 bits per heavy atom. The van der Waals surface area contributed by atoms with Crippen molar-refractivity contribution in [1.82, 2.24) is 10.2 Å². The summed E-state index contributed by atoms with van der Waals surface area (Å²) in [4.78, 5) is 14.2. The standard InChI is InChI=1S/C16H25ClN2O3S/c1-4-19(5-2)13(3)12-18-16(20)10-11-23(21,22)15-9-7-6-8-14(15)17/h6-9,13H,4-5,10-12H2,1-3H3,(H,18,20). The topological polar surface area (TPSA) is 66.5 Å². The first-order chi connectivity index (χ1) is 10.8. The number of sulfone groups is 1. The molecule has 0 bridgehead atoms. The highest BCUT2D eigenvalue weighted by Gasteiger charge is 2.19. The molecule has 0 saturated carbocycles. The lowest BCUT2D eigenvalue weighted by Gasteiger charge is -2.26. The van der Waals surface area contributed by atoms with Crippen LogP contribution in [0, 0.1) is 0 Å². The third kappa shape index (κ3) is 6.12. The van der Waals surface area contributed by atoms with Crippen LogP contribution >= 0.6 is 11.6 Å². The van der Waals surface area contributed by atoms with Gasteiger partial charge in [0.25, 0.3) is 0 Å². The van der Waals surface area contributed by atoms with Crippen LogP contribution < -0.4 is 5.32 Å². The van der Waals surface area contributed by atoms with Crippen LogP contribution in [-0.2, 0) is 14.6 Å². The van der Waals surface area contributed by atoms with Gasteiger partial charge in [-0.25, -0.2) is 8.42 Å². The molecule has 1 rings (SSSR count). The summed E-state index contributed by atoms with van der Waals surface area (Å²) >= 11 is 5.91. The molecule has 1 aromatic rings. The van der Waals surface area contributed by atoms with E-state index in [1.807, 2.05) is 6.92 Å². The lowest BCUT2D eigenvalue weighted by atomic mass is 10.2. The second kappa shape index (κ2) is 9.25. The minimum absolute atomic E-state index is 0.0709. The summed E-state index contributed by atoms with van der Waals surface area (Å²) < 4.78 is 24.4. The summed E-state index contributed by atoms with van der Waals surface area (Å²) in [7, 11) is -3.55. The molecule has 0 radical (unpaired) electrons. The van der Waals surface area contributed by atoms with Crippen molar-refractivity contribution < 1.29 is 13.2 Å². The zero-order chi connectivity index (χ0) is 17.5. The molecule has 0 fully saturated rings. The number of carbonyl (C=O) groups is 1. The molecule has 130 valence electrons. The molecule has 1 atom stereocenters. The van der Waals surface area contributed by atoms with Crippen LogP contribution in [0.4, 0.5) is 0 Å². The molecule has 1 aromatic carbocycles. The van der Waals surface area contributed by atoms with Crippen molar-refractivity contribution in [2.24, 2.45) is 0 Å². The van der Waals surface area contributed by atoms with Gasteiger partial charge in [-0.15, -0.1) is 0 Å². The summed E-state index contributed by atoms with van der Waals surface area (Å²) in [6.45, 7) is 8.50. The molecular formula is C16H25ClN2O3S. The maximum atomic E-state index is 12.2. The summed E-state index contributed by atoms with van der Waals surface area (Å²) in [5.41, 5.74) is 0. The highest BCUT2D eigenvalue weighted by atomic mass is 35.5. The fourth-order valence-electron chi connectivity index (χ4n) is 2.36. The van der Waals surface area contributed by atoms with Gasteiger partial charge in [-0.1, -0.05) is 37.6 Å². The Morgan fingerprint density at radius 1 is 1.26 bits per heavy atom. The van der Waals surface area contributed by atoms with E-state index in [2.05, 4.69) is 24.1 Å². The summed E-state index contributed by atoms with van der Waals surface area (Å²) in [5, 5.41) is 2.98. The molecule has 0 aromatic heterocycles. The zero-order valence-corrected chi connectivity index (χ0v) is 15.5. The Bertz CT molecular complexity index is 616. The largest absolute Gasteiger partial charge is 0.355 e. The Hall–Kier alpha value is -1.11. The van der Waals surface area contributed by atoms with Crippen LogP contribution in [0.3, 0.4) is 0 Å². The number of nitrogens with zero attached hydrogens (tertiary/aromatic N) is 1. The molecule has 7 heteroatoms. The van der Waals surface area contributed by atoms with Crippen LogP contribution in [0.15, 0.2) is 29.2 Å². The van der Waals surface area contributed by atoms with E-state index in [1.165, 1.54) is 12.1 Å². The monoisotopic (exact) mass is 360 g/mol. The number of halogens is 1. The molecule has 23 heavy (non-hydrogen) atoms. The molecule has 0 saturated heterocycles. The van der Waals surface area contributed by atoms with E-state index in [4.69, 9.17) is 11.6 Å². The van der Waals surface area contributed by atoms with Gasteiger partial charge in [-0.3, -0.25) is 9.69 Å². The van der Waals surface area contributed by atoms with Crippen molar-refractivity contribution in [1.29, 1.82) is 0 Å². The van der Waals surface area contributed by atoms with E-state index in [1.54, 1.807) is 12.1 Å².